The Morgan fingerprint density at radius 1 is 1.50 bits per heavy atom. The van der Waals surface area contributed by atoms with Crippen molar-refractivity contribution in [2.45, 2.75) is 25.7 Å². The molecule has 0 aliphatic heterocycles. The number of hydrogen-bond acceptors (Lipinski definition) is 1. The molecule has 12 heavy (non-hydrogen) atoms. The summed E-state index contributed by atoms with van der Waals surface area (Å²) in [7, 11) is 0. The molecule has 1 fully saturated rings. The van der Waals surface area contributed by atoms with Crippen LogP contribution in [-0.4, -0.2) is 5.88 Å². The van der Waals surface area contributed by atoms with E-state index in [4.69, 9.17) is 11.6 Å². The SMILES string of the molecule is ClCC1(CCc2cccs2)CC1. The van der Waals surface area contributed by atoms with Crippen LogP contribution in [0.4, 0.5) is 0 Å². The number of hydrogen-bond donors (Lipinski definition) is 0. The van der Waals surface area contributed by atoms with Crippen LogP contribution in [0.25, 0.3) is 0 Å². The van der Waals surface area contributed by atoms with Gasteiger partial charge >= 0.3 is 0 Å². The number of aryl methyl sites for hydroxylation is 1. The van der Waals surface area contributed by atoms with Crippen LogP contribution >= 0.6 is 22.9 Å². The van der Waals surface area contributed by atoms with Crippen molar-refractivity contribution < 1.29 is 0 Å². The van der Waals surface area contributed by atoms with Crippen molar-refractivity contribution in [2.75, 3.05) is 5.88 Å². The highest BCUT2D eigenvalue weighted by molar-refractivity contribution is 7.09. The second-order valence-electron chi connectivity index (χ2n) is 3.71. The Labute approximate surface area is 82.6 Å². The van der Waals surface area contributed by atoms with Crippen LogP contribution < -0.4 is 0 Å². The maximum absolute atomic E-state index is 5.90. The van der Waals surface area contributed by atoms with Crippen LogP contribution in [-0.2, 0) is 6.42 Å². The summed E-state index contributed by atoms with van der Waals surface area (Å²) in [6.45, 7) is 0. The maximum atomic E-state index is 5.90. The van der Waals surface area contributed by atoms with Gasteiger partial charge in [-0.25, -0.2) is 0 Å². The predicted molar refractivity (Wildman–Crippen MR) is 55.0 cm³/mol. The predicted octanol–water partition coefficient (Wildman–Crippen LogP) is 3.70. The first kappa shape index (κ1) is 8.58. The Bertz CT molecular complexity index is 236. The largest absolute Gasteiger partial charge is 0.149 e. The summed E-state index contributed by atoms with van der Waals surface area (Å²) in [6.07, 6.45) is 5.21. The van der Waals surface area contributed by atoms with Gasteiger partial charge in [-0.05, 0) is 42.5 Å². The van der Waals surface area contributed by atoms with Gasteiger partial charge < -0.3 is 0 Å². The van der Waals surface area contributed by atoms with Gasteiger partial charge in [0, 0.05) is 10.8 Å². The molecule has 1 aromatic rings. The van der Waals surface area contributed by atoms with Crippen molar-refractivity contribution in [3.05, 3.63) is 22.4 Å². The number of thiophene rings is 1. The minimum Gasteiger partial charge on any atom is -0.149 e. The van der Waals surface area contributed by atoms with Crippen molar-refractivity contribution in [3.63, 3.8) is 0 Å². The molecule has 1 heterocycles. The lowest BCUT2D eigenvalue weighted by Gasteiger charge is -2.08. The van der Waals surface area contributed by atoms with Gasteiger partial charge in [0.05, 0.1) is 0 Å². The molecule has 0 atom stereocenters. The number of alkyl halides is 1. The fourth-order valence-corrected chi connectivity index (χ4v) is 2.58. The zero-order valence-electron chi connectivity index (χ0n) is 7.05. The average molecular weight is 201 g/mol. The molecule has 0 unspecified atom stereocenters. The summed E-state index contributed by atoms with van der Waals surface area (Å²) in [4.78, 5) is 1.51. The van der Waals surface area contributed by atoms with Crippen LogP contribution in [0.3, 0.4) is 0 Å². The van der Waals surface area contributed by atoms with Gasteiger partial charge in [0.2, 0.25) is 0 Å². The van der Waals surface area contributed by atoms with Crippen LogP contribution in [0.1, 0.15) is 24.1 Å². The quantitative estimate of drug-likeness (QED) is 0.651. The lowest BCUT2D eigenvalue weighted by molar-refractivity contribution is 0.527. The molecule has 0 saturated heterocycles. The van der Waals surface area contributed by atoms with E-state index in [0.717, 1.165) is 5.88 Å². The van der Waals surface area contributed by atoms with Crippen LogP contribution in [0.5, 0.6) is 0 Å². The molecule has 0 nitrogen and oxygen atoms in total. The third kappa shape index (κ3) is 1.83. The van der Waals surface area contributed by atoms with Gasteiger partial charge in [0.25, 0.3) is 0 Å². The van der Waals surface area contributed by atoms with Crippen molar-refractivity contribution in [3.8, 4) is 0 Å². The van der Waals surface area contributed by atoms with Gasteiger partial charge in [-0.15, -0.1) is 22.9 Å². The highest BCUT2D eigenvalue weighted by atomic mass is 35.5. The third-order valence-electron chi connectivity index (χ3n) is 2.72. The molecule has 2 rings (SSSR count). The molecule has 1 aliphatic rings. The second kappa shape index (κ2) is 3.39. The molecule has 0 bridgehead atoms. The number of halogens is 1. The first-order valence-corrected chi connectivity index (χ1v) is 5.84. The molecule has 0 radical (unpaired) electrons. The van der Waals surface area contributed by atoms with E-state index in [1.165, 1.54) is 30.6 Å². The van der Waals surface area contributed by atoms with Gasteiger partial charge in [-0.2, -0.15) is 0 Å². The summed E-state index contributed by atoms with van der Waals surface area (Å²) in [6, 6.07) is 4.34. The van der Waals surface area contributed by atoms with Gasteiger partial charge in [-0.3, -0.25) is 0 Å². The summed E-state index contributed by atoms with van der Waals surface area (Å²) < 4.78 is 0. The fourth-order valence-electron chi connectivity index (χ4n) is 1.47. The molecule has 66 valence electrons. The summed E-state index contributed by atoms with van der Waals surface area (Å²) in [5.74, 6) is 0.859. The smallest absolute Gasteiger partial charge is 0.0280 e. The minimum absolute atomic E-state index is 0.533. The molecule has 2 heteroatoms. The topological polar surface area (TPSA) is 0 Å². The Kier molecular flexibility index (Phi) is 2.42. The van der Waals surface area contributed by atoms with E-state index in [2.05, 4.69) is 17.5 Å². The first-order chi connectivity index (χ1) is 5.85. The van der Waals surface area contributed by atoms with Crippen molar-refractivity contribution >= 4 is 22.9 Å². The molecule has 0 aromatic carbocycles. The lowest BCUT2D eigenvalue weighted by Crippen LogP contribution is -2.02. The highest BCUT2D eigenvalue weighted by Crippen LogP contribution is 2.50. The summed E-state index contributed by atoms with van der Waals surface area (Å²) in [5, 5.41) is 2.15. The van der Waals surface area contributed by atoms with Crippen molar-refractivity contribution in [1.82, 2.24) is 0 Å². The van der Waals surface area contributed by atoms with Crippen molar-refractivity contribution in [1.29, 1.82) is 0 Å². The molecule has 1 aliphatic carbocycles. The zero-order valence-corrected chi connectivity index (χ0v) is 8.63. The molecule has 0 spiro atoms. The van der Waals surface area contributed by atoms with E-state index in [1.807, 2.05) is 11.3 Å². The van der Waals surface area contributed by atoms with Gasteiger partial charge in [-0.1, -0.05) is 6.07 Å². The van der Waals surface area contributed by atoms with Gasteiger partial charge in [0.15, 0.2) is 0 Å². The maximum Gasteiger partial charge on any atom is 0.0280 e. The molecular formula is C10H13ClS. The zero-order chi connectivity index (χ0) is 8.44. The second-order valence-corrected chi connectivity index (χ2v) is 5.01. The number of rotatable bonds is 4. The highest BCUT2D eigenvalue weighted by Gasteiger charge is 2.40. The summed E-state index contributed by atoms with van der Waals surface area (Å²) >= 11 is 7.76. The van der Waals surface area contributed by atoms with Crippen LogP contribution in [0, 0.1) is 5.41 Å². The fraction of sp³-hybridized carbons (Fsp3) is 0.600. The molecule has 0 amide bonds. The Morgan fingerprint density at radius 2 is 2.33 bits per heavy atom. The van der Waals surface area contributed by atoms with E-state index in [-0.39, 0.29) is 0 Å². The Balaban J connectivity index is 1.83. The molecular weight excluding hydrogens is 188 g/mol. The monoisotopic (exact) mass is 200 g/mol. The van der Waals surface area contributed by atoms with E-state index in [0.29, 0.717) is 5.41 Å². The Morgan fingerprint density at radius 3 is 2.83 bits per heavy atom. The van der Waals surface area contributed by atoms with Crippen LogP contribution in [0.15, 0.2) is 17.5 Å². The van der Waals surface area contributed by atoms with E-state index in [9.17, 15) is 0 Å². The van der Waals surface area contributed by atoms with E-state index in [1.54, 1.807) is 0 Å². The van der Waals surface area contributed by atoms with E-state index < -0.39 is 0 Å². The Hall–Kier alpha value is -0.0100. The van der Waals surface area contributed by atoms with E-state index >= 15 is 0 Å². The lowest BCUT2D eigenvalue weighted by atomic mass is 10.0. The first-order valence-electron chi connectivity index (χ1n) is 4.43. The normalized spacial score (nSPS) is 19.4. The standard InChI is InChI=1S/C10H13ClS/c11-8-10(5-6-10)4-3-9-2-1-7-12-9/h1-2,7H,3-6,8H2. The third-order valence-corrected chi connectivity index (χ3v) is 4.23. The van der Waals surface area contributed by atoms with Crippen molar-refractivity contribution in [2.24, 2.45) is 5.41 Å². The molecule has 1 aromatic heterocycles. The minimum atomic E-state index is 0.533. The van der Waals surface area contributed by atoms with Gasteiger partial charge in [0.1, 0.15) is 0 Å². The molecule has 1 saturated carbocycles. The summed E-state index contributed by atoms with van der Waals surface area (Å²) in [5.41, 5.74) is 0.533. The van der Waals surface area contributed by atoms with Crippen LogP contribution in [0.2, 0.25) is 0 Å². The molecule has 0 N–H and O–H groups in total. The average Bonchev–Trinajstić information content (AvgIpc) is 2.70.